The number of amidine groups is 1. The number of nitrogens with one attached hydrogen (secondary N) is 1. The van der Waals surface area contributed by atoms with Crippen molar-refractivity contribution in [3.8, 4) is 11.5 Å². The van der Waals surface area contributed by atoms with Crippen molar-refractivity contribution in [3.05, 3.63) is 59.2 Å². The molecule has 0 aliphatic carbocycles. The minimum Gasteiger partial charge on any atom is -0.456 e. The summed E-state index contributed by atoms with van der Waals surface area (Å²) in [5.41, 5.74) is 8.53. The molecule has 0 heterocycles. The number of ether oxygens (including phenoxy) is 1. The monoisotopic (exact) mass is 282 g/mol. The zero-order valence-corrected chi connectivity index (χ0v) is 12.8. The number of rotatable bonds is 5. The minimum atomic E-state index is 0.0195. The Labute approximate surface area is 126 Å². The maximum atomic E-state index is 7.68. The Bertz CT molecular complexity index is 649. The third-order valence-corrected chi connectivity index (χ3v) is 3.71. The van der Waals surface area contributed by atoms with Gasteiger partial charge in [0, 0.05) is 0 Å². The number of hydrogen-bond acceptors (Lipinski definition) is 2. The Morgan fingerprint density at radius 1 is 1.19 bits per heavy atom. The highest BCUT2D eigenvalue weighted by molar-refractivity contribution is 5.97. The molecule has 21 heavy (non-hydrogen) atoms. The summed E-state index contributed by atoms with van der Waals surface area (Å²) in [6.07, 6.45) is 1.05. The van der Waals surface area contributed by atoms with Crippen molar-refractivity contribution in [1.29, 1.82) is 5.41 Å². The fourth-order valence-electron chi connectivity index (χ4n) is 2.26. The summed E-state index contributed by atoms with van der Waals surface area (Å²) >= 11 is 0. The molecule has 2 aromatic rings. The van der Waals surface area contributed by atoms with E-state index in [9.17, 15) is 0 Å². The largest absolute Gasteiger partial charge is 0.456 e. The molecule has 0 aliphatic heterocycles. The molecule has 1 unspecified atom stereocenters. The van der Waals surface area contributed by atoms with E-state index in [-0.39, 0.29) is 5.84 Å². The standard InChI is InChI=1S/C18H22N2O/c1-4-13(3)14-7-5-6-8-16(14)21-17-11-12(2)9-10-15(17)18(19)20/h5-11,13H,4H2,1-3H3,(H3,19,20). The summed E-state index contributed by atoms with van der Waals surface area (Å²) in [5.74, 6) is 1.91. The van der Waals surface area contributed by atoms with Crippen molar-refractivity contribution in [2.75, 3.05) is 0 Å². The quantitative estimate of drug-likeness (QED) is 0.622. The van der Waals surface area contributed by atoms with Crippen LogP contribution in [0.1, 0.15) is 42.9 Å². The maximum absolute atomic E-state index is 7.68. The fraction of sp³-hybridized carbons (Fsp3) is 0.278. The van der Waals surface area contributed by atoms with Crippen LogP contribution in [0, 0.1) is 12.3 Å². The van der Waals surface area contributed by atoms with Crippen molar-refractivity contribution in [2.24, 2.45) is 5.73 Å². The Morgan fingerprint density at radius 2 is 1.90 bits per heavy atom. The number of benzene rings is 2. The second kappa shape index (κ2) is 6.44. The molecule has 3 N–H and O–H groups in total. The molecular formula is C18H22N2O. The van der Waals surface area contributed by atoms with Gasteiger partial charge in [-0.05, 0) is 48.6 Å². The van der Waals surface area contributed by atoms with Gasteiger partial charge in [0.25, 0.3) is 0 Å². The lowest BCUT2D eigenvalue weighted by atomic mass is 9.98. The van der Waals surface area contributed by atoms with E-state index >= 15 is 0 Å². The van der Waals surface area contributed by atoms with Crippen molar-refractivity contribution < 1.29 is 4.74 Å². The molecule has 3 heteroatoms. The van der Waals surface area contributed by atoms with E-state index in [1.54, 1.807) is 0 Å². The Kier molecular flexibility index (Phi) is 4.63. The molecule has 1 atom stereocenters. The van der Waals surface area contributed by atoms with E-state index < -0.39 is 0 Å². The lowest BCUT2D eigenvalue weighted by Crippen LogP contribution is -2.12. The molecule has 3 nitrogen and oxygen atoms in total. The van der Waals surface area contributed by atoms with Crippen LogP contribution in [0.2, 0.25) is 0 Å². The van der Waals surface area contributed by atoms with Gasteiger partial charge in [0.05, 0.1) is 5.56 Å². The van der Waals surface area contributed by atoms with Gasteiger partial charge in [-0.3, -0.25) is 5.41 Å². The average molecular weight is 282 g/mol. The topological polar surface area (TPSA) is 59.1 Å². The van der Waals surface area contributed by atoms with E-state index in [0.29, 0.717) is 17.2 Å². The molecule has 0 aliphatic rings. The number of nitrogens with two attached hydrogens (primary N) is 1. The molecule has 0 saturated carbocycles. The second-order valence-corrected chi connectivity index (χ2v) is 5.36. The molecule has 110 valence electrons. The summed E-state index contributed by atoms with van der Waals surface area (Å²) in [4.78, 5) is 0. The van der Waals surface area contributed by atoms with Crippen LogP contribution in [0.3, 0.4) is 0 Å². The lowest BCUT2D eigenvalue weighted by Gasteiger charge is -2.17. The van der Waals surface area contributed by atoms with Crippen LogP contribution in [-0.2, 0) is 0 Å². The normalized spacial score (nSPS) is 12.0. The molecule has 0 aromatic heterocycles. The highest BCUT2D eigenvalue weighted by Crippen LogP contribution is 2.33. The van der Waals surface area contributed by atoms with Gasteiger partial charge in [-0.25, -0.2) is 0 Å². The number of para-hydroxylation sites is 1. The van der Waals surface area contributed by atoms with Crippen molar-refractivity contribution >= 4 is 5.84 Å². The first-order valence-corrected chi connectivity index (χ1v) is 7.24. The van der Waals surface area contributed by atoms with Crippen LogP contribution in [0.25, 0.3) is 0 Å². The molecular weight excluding hydrogens is 260 g/mol. The lowest BCUT2D eigenvalue weighted by molar-refractivity contribution is 0.469. The third-order valence-electron chi connectivity index (χ3n) is 3.71. The first kappa shape index (κ1) is 15.1. The second-order valence-electron chi connectivity index (χ2n) is 5.36. The van der Waals surface area contributed by atoms with E-state index in [1.165, 1.54) is 5.56 Å². The van der Waals surface area contributed by atoms with Crippen molar-refractivity contribution in [1.82, 2.24) is 0 Å². The Balaban J connectivity index is 2.43. The van der Waals surface area contributed by atoms with Gasteiger partial charge in [0.15, 0.2) is 0 Å². The molecule has 0 amide bonds. The maximum Gasteiger partial charge on any atom is 0.138 e. The SMILES string of the molecule is CCC(C)c1ccccc1Oc1cc(C)ccc1C(=N)N. The van der Waals surface area contributed by atoms with Crippen LogP contribution in [-0.4, -0.2) is 5.84 Å². The highest BCUT2D eigenvalue weighted by atomic mass is 16.5. The molecule has 0 saturated heterocycles. The smallest absolute Gasteiger partial charge is 0.138 e. The van der Waals surface area contributed by atoms with Crippen LogP contribution in [0.4, 0.5) is 0 Å². The Hall–Kier alpha value is -2.29. The van der Waals surface area contributed by atoms with Crippen molar-refractivity contribution in [2.45, 2.75) is 33.1 Å². The first-order chi connectivity index (χ1) is 10.0. The van der Waals surface area contributed by atoms with Gasteiger partial charge >= 0.3 is 0 Å². The zero-order valence-electron chi connectivity index (χ0n) is 12.8. The molecule has 0 radical (unpaired) electrons. The third kappa shape index (κ3) is 3.43. The minimum absolute atomic E-state index is 0.0195. The van der Waals surface area contributed by atoms with Gasteiger partial charge in [0.2, 0.25) is 0 Å². The summed E-state index contributed by atoms with van der Waals surface area (Å²) in [6, 6.07) is 13.7. The highest BCUT2D eigenvalue weighted by Gasteiger charge is 2.13. The molecule has 0 spiro atoms. The summed E-state index contributed by atoms with van der Waals surface area (Å²) in [5, 5.41) is 7.68. The van der Waals surface area contributed by atoms with Crippen LogP contribution < -0.4 is 10.5 Å². The molecule has 0 fully saturated rings. The first-order valence-electron chi connectivity index (χ1n) is 7.24. The predicted octanol–water partition coefficient (Wildman–Crippen LogP) is 4.58. The number of nitrogen functional groups attached to an aromatic ring is 1. The molecule has 0 bridgehead atoms. The predicted molar refractivity (Wildman–Crippen MR) is 87.4 cm³/mol. The fourth-order valence-corrected chi connectivity index (χ4v) is 2.26. The van der Waals surface area contributed by atoms with E-state index in [0.717, 1.165) is 17.7 Å². The summed E-state index contributed by atoms with van der Waals surface area (Å²) in [7, 11) is 0. The Morgan fingerprint density at radius 3 is 2.57 bits per heavy atom. The summed E-state index contributed by atoms with van der Waals surface area (Å²) < 4.78 is 6.08. The van der Waals surface area contributed by atoms with Gasteiger partial charge < -0.3 is 10.5 Å². The van der Waals surface area contributed by atoms with E-state index in [1.807, 2.05) is 43.3 Å². The van der Waals surface area contributed by atoms with E-state index in [4.69, 9.17) is 15.9 Å². The van der Waals surface area contributed by atoms with Gasteiger partial charge in [-0.2, -0.15) is 0 Å². The van der Waals surface area contributed by atoms with Gasteiger partial charge in [-0.1, -0.05) is 38.1 Å². The van der Waals surface area contributed by atoms with Crippen LogP contribution in [0.15, 0.2) is 42.5 Å². The van der Waals surface area contributed by atoms with Crippen molar-refractivity contribution in [3.63, 3.8) is 0 Å². The zero-order chi connectivity index (χ0) is 15.4. The molecule has 2 rings (SSSR count). The van der Waals surface area contributed by atoms with Crippen LogP contribution in [0.5, 0.6) is 11.5 Å². The van der Waals surface area contributed by atoms with E-state index in [2.05, 4.69) is 19.9 Å². The van der Waals surface area contributed by atoms with Crippen LogP contribution >= 0.6 is 0 Å². The van der Waals surface area contributed by atoms with Gasteiger partial charge in [0.1, 0.15) is 17.3 Å². The average Bonchev–Trinajstić information content (AvgIpc) is 2.47. The number of aryl methyl sites for hydroxylation is 1. The summed E-state index contributed by atoms with van der Waals surface area (Å²) in [6.45, 7) is 6.34. The van der Waals surface area contributed by atoms with Gasteiger partial charge in [-0.15, -0.1) is 0 Å². The molecule has 2 aromatic carbocycles. The number of hydrogen-bond donors (Lipinski definition) is 2.